The van der Waals surface area contributed by atoms with Crippen LogP contribution in [0, 0.1) is 11.6 Å². The topological polar surface area (TPSA) is 81.7 Å². The molecular formula is C17H15F2NO5S. The zero-order valence-electron chi connectivity index (χ0n) is 13.5. The number of carbonyl (C=O) groups excluding carboxylic acids is 1. The standard InChI is InChI=1S/C17H15F2NO5S/c18-12-2-4-14(19)11(9-12)1-6-17(21)20-26(22,23)13-3-5-15-16(10-13)25-8-7-24-15/h2-5,9-10H,1,6-8H2,(H,20,21). The minimum absolute atomic E-state index is 0.00289. The van der Waals surface area contributed by atoms with Crippen molar-refractivity contribution in [2.24, 2.45) is 0 Å². The van der Waals surface area contributed by atoms with Crippen LogP contribution in [0.2, 0.25) is 0 Å². The van der Waals surface area contributed by atoms with E-state index >= 15 is 0 Å². The molecule has 0 unspecified atom stereocenters. The van der Waals surface area contributed by atoms with Gasteiger partial charge in [-0.05, 0) is 42.3 Å². The van der Waals surface area contributed by atoms with Crippen molar-refractivity contribution in [2.75, 3.05) is 13.2 Å². The van der Waals surface area contributed by atoms with Crippen LogP contribution in [0.4, 0.5) is 8.78 Å². The highest BCUT2D eigenvalue weighted by molar-refractivity contribution is 7.90. The first-order chi connectivity index (χ1) is 12.3. The fourth-order valence-corrected chi connectivity index (χ4v) is 3.46. The minimum Gasteiger partial charge on any atom is -0.486 e. The summed E-state index contributed by atoms with van der Waals surface area (Å²) in [4.78, 5) is 11.8. The van der Waals surface area contributed by atoms with Crippen molar-refractivity contribution in [1.29, 1.82) is 0 Å². The Kier molecular flexibility index (Phi) is 5.08. The predicted molar refractivity (Wildman–Crippen MR) is 87.4 cm³/mol. The molecule has 0 spiro atoms. The largest absolute Gasteiger partial charge is 0.486 e. The Hall–Kier alpha value is -2.68. The van der Waals surface area contributed by atoms with E-state index in [2.05, 4.69) is 0 Å². The van der Waals surface area contributed by atoms with E-state index in [4.69, 9.17) is 9.47 Å². The van der Waals surface area contributed by atoms with Crippen LogP contribution in [-0.4, -0.2) is 27.5 Å². The smallest absolute Gasteiger partial charge is 0.264 e. The second-order valence-electron chi connectivity index (χ2n) is 5.57. The summed E-state index contributed by atoms with van der Waals surface area (Å²) in [5.41, 5.74) is -0.00289. The lowest BCUT2D eigenvalue weighted by atomic mass is 10.1. The van der Waals surface area contributed by atoms with Gasteiger partial charge in [-0.15, -0.1) is 0 Å². The van der Waals surface area contributed by atoms with Crippen molar-refractivity contribution in [3.63, 3.8) is 0 Å². The van der Waals surface area contributed by atoms with Crippen LogP contribution in [0.15, 0.2) is 41.3 Å². The van der Waals surface area contributed by atoms with Crippen LogP contribution in [0.3, 0.4) is 0 Å². The van der Waals surface area contributed by atoms with E-state index in [1.165, 1.54) is 18.2 Å². The monoisotopic (exact) mass is 383 g/mol. The zero-order valence-corrected chi connectivity index (χ0v) is 14.3. The van der Waals surface area contributed by atoms with Crippen LogP contribution in [0.5, 0.6) is 11.5 Å². The lowest BCUT2D eigenvalue weighted by molar-refractivity contribution is -0.119. The van der Waals surface area contributed by atoms with E-state index in [1.54, 1.807) is 0 Å². The van der Waals surface area contributed by atoms with E-state index in [1.807, 2.05) is 4.72 Å². The first-order valence-electron chi connectivity index (χ1n) is 7.74. The van der Waals surface area contributed by atoms with Gasteiger partial charge in [0.15, 0.2) is 11.5 Å². The summed E-state index contributed by atoms with van der Waals surface area (Å²) in [6.45, 7) is 0.661. The molecule has 1 amide bonds. The summed E-state index contributed by atoms with van der Waals surface area (Å²) < 4.78 is 63.8. The quantitative estimate of drug-likeness (QED) is 0.856. The van der Waals surface area contributed by atoms with Gasteiger partial charge in [0.05, 0.1) is 4.90 Å². The van der Waals surface area contributed by atoms with Crippen molar-refractivity contribution in [3.05, 3.63) is 53.6 Å². The van der Waals surface area contributed by atoms with Crippen molar-refractivity contribution >= 4 is 15.9 Å². The van der Waals surface area contributed by atoms with Crippen LogP contribution in [0.1, 0.15) is 12.0 Å². The summed E-state index contributed by atoms with van der Waals surface area (Å²) in [5, 5.41) is 0. The van der Waals surface area contributed by atoms with Gasteiger partial charge < -0.3 is 9.47 Å². The molecule has 1 N–H and O–H groups in total. The normalized spacial score (nSPS) is 13.3. The maximum absolute atomic E-state index is 13.5. The average Bonchev–Trinajstić information content (AvgIpc) is 2.61. The molecule has 0 aromatic heterocycles. The van der Waals surface area contributed by atoms with Crippen LogP contribution >= 0.6 is 0 Å². The lowest BCUT2D eigenvalue weighted by Crippen LogP contribution is -2.31. The summed E-state index contributed by atoms with van der Waals surface area (Å²) in [5.74, 6) is -1.43. The summed E-state index contributed by atoms with van der Waals surface area (Å²) in [6.07, 6.45) is -0.448. The number of ether oxygens (including phenoxy) is 2. The van der Waals surface area contributed by atoms with Crippen LogP contribution in [-0.2, 0) is 21.2 Å². The van der Waals surface area contributed by atoms with E-state index in [9.17, 15) is 22.0 Å². The lowest BCUT2D eigenvalue weighted by Gasteiger charge is -2.18. The van der Waals surface area contributed by atoms with Crippen molar-refractivity contribution in [2.45, 2.75) is 17.7 Å². The van der Waals surface area contributed by atoms with Crippen molar-refractivity contribution < 1.29 is 31.5 Å². The fraction of sp³-hybridized carbons (Fsp3) is 0.235. The van der Waals surface area contributed by atoms with Crippen molar-refractivity contribution in [3.8, 4) is 11.5 Å². The molecule has 0 saturated carbocycles. The highest BCUT2D eigenvalue weighted by Gasteiger charge is 2.21. The Labute approximate surface area is 148 Å². The molecule has 3 rings (SSSR count). The molecule has 0 bridgehead atoms. The molecule has 2 aromatic carbocycles. The van der Waals surface area contributed by atoms with Gasteiger partial charge in [0, 0.05) is 12.5 Å². The number of sulfonamides is 1. The minimum atomic E-state index is -4.12. The predicted octanol–water partition coefficient (Wildman–Crippen LogP) is 2.17. The molecule has 6 nitrogen and oxygen atoms in total. The van der Waals surface area contributed by atoms with Crippen LogP contribution < -0.4 is 14.2 Å². The number of amides is 1. The highest BCUT2D eigenvalue weighted by Crippen LogP contribution is 2.32. The number of hydrogen-bond donors (Lipinski definition) is 1. The number of carbonyl (C=O) groups is 1. The average molecular weight is 383 g/mol. The molecule has 0 aliphatic carbocycles. The second-order valence-corrected chi connectivity index (χ2v) is 7.25. The van der Waals surface area contributed by atoms with E-state index in [-0.39, 0.29) is 29.1 Å². The molecular weight excluding hydrogens is 368 g/mol. The molecule has 1 aliphatic heterocycles. The number of aryl methyl sites for hydroxylation is 1. The third-order valence-corrected chi connectivity index (χ3v) is 5.07. The first-order valence-corrected chi connectivity index (χ1v) is 9.23. The van der Waals surface area contributed by atoms with Crippen LogP contribution in [0.25, 0.3) is 0 Å². The van der Waals surface area contributed by atoms with E-state index in [0.29, 0.717) is 19.0 Å². The maximum Gasteiger partial charge on any atom is 0.264 e. The Morgan fingerprint density at radius 3 is 2.54 bits per heavy atom. The zero-order chi connectivity index (χ0) is 18.7. The molecule has 0 atom stereocenters. The van der Waals surface area contributed by atoms with Gasteiger partial charge in [-0.3, -0.25) is 4.79 Å². The molecule has 0 radical (unpaired) electrons. The third kappa shape index (κ3) is 4.10. The number of fused-ring (bicyclic) bond motifs is 1. The van der Waals surface area contributed by atoms with Gasteiger partial charge in [-0.1, -0.05) is 0 Å². The second kappa shape index (κ2) is 7.28. The van der Waals surface area contributed by atoms with Gasteiger partial charge in [-0.25, -0.2) is 21.9 Å². The van der Waals surface area contributed by atoms with E-state index < -0.39 is 27.6 Å². The van der Waals surface area contributed by atoms with Gasteiger partial charge >= 0.3 is 0 Å². The number of nitrogens with one attached hydrogen (secondary N) is 1. The Morgan fingerprint density at radius 1 is 1.04 bits per heavy atom. The summed E-state index contributed by atoms with van der Waals surface area (Å²) in [6, 6.07) is 6.87. The SMILES string of the molecule is O=C(CCc1cc(F)ccc1F)NS(=O)(=O)c1ccc2c(c1)OCCO2. The molecule has 1 heterocycles. The molecule has 1 aliphatic rings. The van der Waals surface area contributed by atoms with Gasteiger partial charge in [0.25, 0.3) is 10.0 Å². The molecule has 26 heavy (non-hydrogen) atoms. The molecule has 0 fully saturated rings. The van der Waals surface area contributed by atoms with Gasteiger partial charge in [-0.2, -0.15) is 0 Å². The number of hydrogen-bond acceptors (Lipinski definition) is 5. The molecule has 138 valence electrons. The molecule has 9 heteroatoms. The first kappa shape index (κ1) is 18.1. The number of rotatable bonds is 5. The van der Waals surface area contributed by atoms with E-state index in [0.717, 1.165) is 18.2 Å². The Bertz CT molecular complexity index is 946. The fourth-order valence-electron chi connectivity index (χ4n) is 2.43. The van der Waals surface area contributed by atoms with Gasteiger partial charge in [0.2, 0.25) is 5.91 Å². The van der Waals surface area contributed by atoms with Crippen molar-refractivity contribution in [1.82, 2.24) is 4.72 Å². The molecule has 0 saturated heterocycles. The highest BCUT2D eigenvalue weighted by atomic mass is 32.2. The maximum atomic E-state index is 13.5. The summed E-state index contributed by atoms with van der Waals surface area (Å²) in [7, 11) is -4.12. The Balaban J connectivity index is 1.67. The van der Waals surface area contributed by atoms with Gasteiger partial charge in [0.1, 0.15) is 24.8 Å². The third-order valence-electron chi connectivity index (χ3n) is 3.70. The number of halogens is 2. The number of benzene rings is 2. The Morgan fingerprint density at radius 2 is 1.77 bits per heavy atom. The molecule has 2 aromatic rings. The summed E-state index contributed by atoms with van der Waals surface area (Å²) >= 11 is 0.